The van der Waals surface area contributed by atoms with Crippen molar-refractivity contribution < 1.29 is 4.79 Å². The zero-order valence-electron chi connectivity index (χ0n) is 12.9. The fourth-order valence-electron chi connectivity index (χ4n) is 4.40. The van der Waals surface area contributed by atoms with Gasteiger partial charge in [0, 0.05) is 16.2 Å². The summed E-state index contributed by atoms with van der Waals surface area (Å²) in [6.45, 7) is 7.03. The topological polar surface area (TPSA) is 55.1 Å². The van der Waals surface area contributed by atoms with Crippen LogP contribution in [0.5, 0.6) is 0 Å². The Morgan fingerprint density at radius 3 is 2.62 bits per heavy atom. The number of hydrogen-bond acceptors (Lipinski definition) is 2. The third kappa shape index (κ3) is 2.10. The Bertz CT molecular complexity index is 598. The van der Waals surface area contributed by atoms with Crippen molar-refractivity contribution in [1.82, 2.24) is 5.32 Å². The van der Waals surface area contributed by atoms with E-state index in [4.69, 9.17) is 5.73 Å². The summed E-state index contributed by atoms with van der Waals surface area (Å²) < 4.78 is 0.893. The van der Waals surface area contributed by atoms with Crippen molar-refractivity contribution in [3.63, 3.8) is 0 Å². The molecule has 114 valence electrons. The third-order valence-corrected chi connectivity index (χ3v) is 6.85. The van der Waals surface area contributed by atoms with Crippen LogP contribution in [0.2, 0.25) is 0 Å². The molecule has 1 aromatic rings. The Labute approximate surface area is 134 Å². The Kier molecular flexibility index (Phi) is 3.36. The van der Waals surface area contributed by atoms with Crippen LogP contribution in [0, 0.1) is 16.7 Å². The Hall–Kier alpha value is -1.03. The molecule has 2 fully saturated rings. The molecule has 1 aromatic carbocycles. The van der Waals surface area contributed by atoms with E-state index in [-0.39, 0.29) is 17.4 Å². The molecule has 3 N–H and O–H groups in total. The van der Waals surface area contributed by atoms with Crippen LogP contribution in [0.25, 0.3) is 0 Å². The number of halogens is 1. The minimum absolute atomic E-state index is 0.0467. The second-order valence-corrected chi connectivity index (χ2v) is 8.28. The highest BCUT2D eigenvalue weighted by Crippen LogP contribution is 2.65. The van der Waals surface area contributed by atoms with E-state index in [2.05, 4.69) is 42.0 Å². The maximum absolute atomic E-state index is 12.6. The number of benzene rings is 1. The molecule has 3 rings (SSSR count). The van der Waals surface area contributed by atoms with Gasteiger partial charge in [-0.25, -0.2) is 0 Å². The first-order valence-electron chi connectivity index (χ1n) is 7.61. The summed E-state index contributed by atoms with van der Waals surface area (Å²) >= 11 is 3.37. The number of carbonyl (C=O) groups is 1. The molecular formula is C17H23BrN2O. The van der Waals surface area contributed by atoms with Crippen molar-refractivity contribution in [2.75, 3.05) is 5.73 Å². The highest BCUT2D eigenvalue weighted by molar-refractivity contribution is 9.10. The summed E-state index contributed by atoms with van der Waals surface area (Å²) in [7, 11) is 0. The van der Waals surface area contributed by atoms with Crippen LogP contribution in [0.4, 0.5) is 5.69 Å². The van der Waals surface area contributed by atoms with Crippen molar-refractivity contribution in [2.45, 2.75) is 46.1 Å². The van der Waals surface area contributed by atoms with Gasteiger partial charge in [0.15, 0.2) is 0 Å². The van der Waals surface area contributed by atoms with Gasteiger partial charge in [0.1, 0.15) is 0 Å². The van der Waals surface area contributed by atoms with Crippen molar-refractivity contribution in [3.8, 4) is 0 Å². The van der Waals surface area contributed by atoms with Crippen LogP contribution in [0.1, 0.15) is 50.4 Å². The number of fused-ring (bicyclic) bond motifs is 2. The number of nitrogen functional groups attached to an aromatic ring is 1. The maximum atomic E-state index is 12.6. The SMILES string of the molecule is CC1(C)C2CCC1(C)C(NC(=O)c1ccc(Br)cc1N)C2. The van der Waals surface area contributed by atoms with Crippen molar-refractivity contribution in [2.24, 2.45) is 16.7 Å². The molecule has 0 radical (unpaired) electrons. The summed E-state index contributed by atoms with van der Waals surface area (Å²) in [4.78, 5) is 12.6. The summed E-state index contributed by atoms with van der Waals surface area (Å²) in [6, 6.07) is 5.68. The Morgan fingerprint density at radius 1 is 1.38 bits per heavy atom. The minimum Gasteiger partial charge on any atom is -0.398 e. The average molecular weight is 351 g/mol. The molecule has 2 bridgehead atoms. The molecule has 3 unspecified atom stereocenters. The van der Waals surface area contributed by atoms with Gasteiger partial charge >= 0.3 is 0 Å². The number of anilines is 1. The van der Waals surface area contributed by atoms with Gasteiger partial charge in [0.2, 0.25) is 0 Å². The molecular weight excluding hydrogens is 328 g/mol. The summed E-state index contributed by atoms with van der Waals surface area (Å²) in [5.41, 5.74) is 7.56. The molecule has 3 atom stereocenters. The molecule has 1 amide bonds. The quantitative estimate of drug-likeness (QED) is 0.792. The molecule has 2 aliphatic rings. The molecule has 2 aliphatic carbocycles. The normalized spacial score (nSPS) is 33.1. The fourth-order valence-corrected chi connectivity index (χ4v) is 4.78. The van der Waals surface area contributed by atoms with E-state index in [9.17, 15) is 4.79 Å². The van der Waals surface area contributed by atoms with Crippen LogP contribution in [-0.4, -0.2) is 11.9 Å². The average Bonchev–Trinajstić information content (AvgIpc) is 2.71. The van der Waals surface area contributed by atoms with E-state index >= 15 is 0 Å². The molecule has 0 heterocycles. The molecule has 2 saturated carbocycles. The zero-order chi connectivity index (χ0) is 15.4. The molecule has 3 nitrogen and oxygen atoms in total. The molecule has 0 aliphatic heterocycles. The Balaban J connectivity index is 1.80. The molecule has 4 heteroatoms. The van der Waals surface area contributed by atoms with Crippen LogP contribution >= 0.6 is 15.9 Å². The number of nitrogens with one attached hydrogen (secondary N) is 1. The summed E-state index contributed by atoms with van der Waals surface area (Å²) in [5, 5.41) is 3.25. The maximum Gasteiger partial charge on any atom is 0.253 e. The standard InChI is InChI=1S/C17H23BrN2O/c1-16(2)10-6-7-17(16,3)14(8-10)20-15(21)12-5-4-11(18)9-13(12)19/h4-5,9-10,14H,6-8,19H2,1-3H3,(H,20,21). The lowest BCUT2D eigenvalue weighted by Gasteiger charge is -2.39. The lowest BCUT2D eigenvalue weighted by molar-refractivity contribution is 0.0827. The van der Waals surface area contributed by atoms with Crippen LogP contribution in [0.3, 0.4) is 0 Å². The summed E-state index contributed by atoms with van der Waals surface area (Å²) in [6.07, 6.45) is 3.58. The first-order valence-corrected chi connectivity index (χ1v) is 8.41. The van der Waals surface area contributed by atoms with Gasteiger partial charge in [-0.1, -0.05) is 36.7 Å². The first kappa shape index (κ1) is 14.9. The number of amides is 1. The minimum atomic E-state index is -0.0467. The number of carbonyl (C=O) groups excluding carboxylic acids is 1. The third-order valence-electron chi connectivity index (χ3n) is 6.36. The van der Waals surface area contributed by atoms with Gasteiger partial charge in [-0.3, -0.25) is 4.79 Å². The van der Waals surface area contributed by atoms with Crippen LogP contribution in [-0.2, 0) is 0 Å². The van der Waals surface area contributed by atoms with Gasteiger partial charge in [-0.05, 0) is 54.2 Å². The van der Waals surface area contributed by atoms with Gasteiger partial charge in [-0.15, -0.1) is 0 Å². The lowest BCUT2D eigenvalue weighted by Crippen LogP contribution is -2.47. The highest BCUT2D eigenvalue weighted by atomic mass is 79.9. The predicted molar refractivity (Wildman–Crippen MR) is 89.0 cm³/mol. The molecule has 21 heavy (non-hydrogen) atoms. The number of nitrogens with two attached hydrogens (primary N) is 1. The van der Waals surface area contributed by atoms with E-state index in [0.29, 0.717) is 16.7 Å². The highest BCUT2D eigenvalue weighted by Gasteiger charge is 2.61. The van der Waals surface area contributed by atoms with E-state index < -0.39 is 0 Å². The number of hydrogen-bond donors (Lipinski definition) is 2. The van der Waals surface area contributed by atoms with Crippen LogP contribution < -0.4 is 11.1 Å². The molecule has 0 saturated heterocycles. The van der Waals surface area contributed by atoms with Gasteiger partial charge in [-0.2, -0.15) is 0 Å². The second kappa shape index (κ2) is 4.73. The predicted octanol–water partition coefficient (Wildman–Crippen LogP) is 3.98. The van der Waals surface area contributed by atoms with Crippen LogP contribution in [0.15, 0.2) is 22.7 Å². The zero-order valence-corrected chi connectivity index (χ0v) is 14.5. The van der Waals surface area contributed by atoms with Gasteiger partial charge in [0.05, 0.1) is 5.56 Å². The molecule has 0 spiro atoms. The lowest BCUT2D eigenvalue weighted by atomic mass is 9.69. The first-order chi connectivity index (χ1) is 9.75. The summed E-state index contributed by atoms with van der Waals surface area (Å²) in [5.74, 6) is 0.671. The largest absolute Gasteiger partial charge is 0.398 e. The van der Waals surface area contributed by atoms with E-state index in [0.717, 1.165) is 16.8 Å². The van der Waals surface area contributed by atoms with E-state index in [1.54, 1.807) is 12.1 Å². The number of rotatable bonds is 2. The van der Waals surface area contributed by atoms with E-state index in [1.807, 2.05) is 6.07 Å². The van der Waals surface area contributed by atoms with Crippen molar-refractivity contribution >= 4 is 27.5 Å². The van der Waals surface area contributed by atoms with Gasteiger partial charge < -0.3 is 11.1 Å². The van der Waals surface area contributed by atoms with Crippen molar-refractivity contribution in [1.29, 1.82) is 0 Å². The smallest absolute Gasteiger partial charge is 0.253 e. The molecule has 0 aromatic heterocycles. The van der Waals surface area contributed by atoms with Gasteiger partial charge in [0.25, 0.3) is 5.91 Å². The Morgan fingerprint density at radius 2 is 2.10 bits per heavy atom. The monoisotopic (exact) mass is 350 g/mol. The van der Waals surface area contributed by atoms with E-state index in [1.165, 1.54) is 12.8 Å². The second-order valence-electron chi connectivity index (χ2n) is 7.37. The van der Waals surface area contributed by atoms with Crippen molar-refractivity contribution in [3.05, 3.63) is 28.2 Å². The fraction of sp³-hybridized carbons (Fsp3) is 0.588.